The molecule has 1 aromatic rings. The van der Waals surface area contributed by atoms with Crippen LogP contribution >= 0.6 is 0 Å². The van der Waals surface area contributed by atoms with Crippen molar-refractivity contribution < 1.29 is 17.9 Å². The molecule has 1 saturated carbocycles. The summed E-state index contributed by atoms with van der Waals surface area (Å²) < 4.78 is 29.7. The predicted octanol–water partition coefficient (Wildman–Crippen LogP) is 2.69. The summed E-state index contributed by atoms with van der Waals surface area (Å²) in [7, 11) is -1.66. The topological polar surface area (TPSA) is 75.7 Å². The van der Waals surface area contributed by atoms with Crippen LogP contribution in [0.3, 0.4) is 0 Å². The maximum absolute atomic E-state index is 12.1. The van der Waals surface area contributed by atoms with Crippen LogP contribution in [0.1, 0.15) is 50.5 Å². The number of hydrogen-bond donors (Lipinski definition) is 1. The molecule has 1 fully saturated rings. The largest absolute Gasteiger partial charge is 0.484 e. The van der Waals surface area contributed by atoms with E-state index in [0.29, 0.717) is 12.3 Å². The van der Waals surface area contributed by atoms with E-state index in [1.807, 2.05) is 12.1 Å². The van der Waals surface area contributed by atoms with Crippen LogP contribution in [0.2, 0.25) is 0 Å². The second-order valence-corrected chi connectivity index (χ2v) is 9.15. The maximum Gasteiger partial charge on any atom is 0.258 e. The Balaban J connectivity index is 1.77. The Morgan fingerprint density at radius 2 is 1.69 bits per heavy atom. The van der Waals surface area contributed by atoms with Crippen molar-refractivity contribution >= 4 is 15.9 Å². The van der Waals surface area contributed by atoms with Crippen molar-refractivity contribution in [2.45, 2.75) is 57.5 Å². The van der Waals surface area contributed by atoms with Gasteiger partial charge in [0, 0.05) is 19.6 Å². The van der Waals surface area contributed by atoms with E-state index in [2.05, 4.69) is 5.32 Å². The zero-order valence-corrected chi connectivity index (χ0v) is 16.6. The van der Waals surface area contributed by atoms with Gasteiger partial charge >= 0.3 is 0 Å². The van der Waals surface area contributed by atoms with Crippen LogP contribution in [-0.4, -0.2) is 44.6 Å². The van der Waals surface area contributed by atoms with Crippen LogP contribution in [0.5, 0.6) is 5.75 Å². The van der Waals surface area contributed by atoms with E-state index in [0.717, 1.165) is 18.4 Å². The Morgan fingerprint density at radius 3 is 2.27 bits per heavy atom. The van der Waals surface area contributed by atoms with Gasteiger partial charge in [0.25, 0.3) is 5.91 Å². The standard InChI is InChI=1S/C19H30N2O4S/c1-21(26(2,23)24)14-16-10-12-18(13-11-16)25-15-19(22)20-17-8-6-4-3-5-7-9-17/h10-13,17H,3-9,14-15H2,1-2H3,(H,20,22). The Bertz CT molecular complexity index is 665. The Kier molecular flexibility index (Phi) is 7.90. The van der Waals surface area contributed by atoms with Gasteiger partial charge in [-0.15, -0.1) is 0 Å². The SMILES string of the molecule is CN(Cc1ccc(OCC(=O)NC2CCCCCCC2)cc1)S(C)(=O)=O. The molecule has 1 N–H and O–H groups in total. The number of hydrogen-bond acceptors (Lipinski definition) is 4. The van der Waals surface area contributed by atoms with Gasteiger partial charge in [0.2, 0.25) is 10.0 Å². The molecule has 0 unspecified atom stereocenters. The van der Waals surface area contributed by atoms with E-state index < -0.39 is 10.0 Å². The average molecular weight is 383 g/mol. The van der Waals surface area contributed by atoms with Crippen molar-refractivity contribution in [3.8, 4) is 5.75 Å². The van der Waals surface area contributed by atoms with Crippen LogP contribution in [0.15, 0.2) is 24.3 Å². The third kappa shape index (κ3) is 7.33. The second-order valence-electron chi connectivity index (χ2n) is 7.06. The van der Waals surface area contributed by atoms with Crippen molar-refractivity contribution in [1.82, 2.24) is 9.62 Å². The highest BCUT2D eigenvalue weighted by molar-refractivity contribution is 7.88. The van der Waals surface area contributed by atoms with Crippen molar-refractivity contribution in [2.24, 2.45) is 0 Å². The Labute approximate surface area is 157 Å². The highest BCUT2D eigenvalue weighted by Crippen LogP contribution is 2.17. The van der Waals surface area contributed by atoms with Crippen molar-refractivity contribution in [3.05, 3.63) is 29.8 Å². The molecule has 1 aliphatic carbocycles. The summed E-state index contributed by atoms with van der Waals surface area (Å²) in [4.78, 5) is 12.1. The van der Waals surface area contributed by atoms with Crippen LogP contribution in [0.4, 0.5) is 0 Å². The molecule has 0 heterocycles. The number of sulfonamides is 1. The van der Waals surface area contributed by atoms with E-state index >= 15 is 0 Å². The molecule has 1 aliphatic rings. The lowest BCUT2D eigenvalue weighted by molar-refractivity contribution is -0.123. The van der Waals surface area contributed by atoms with Crippen LogP contribution in [0, 0.1) is 0 Å². The molecule has 146 valence electrons. The molecule has 2 rings (SSSR count). The minimum Gasteiger partial charge on any atom is -0.484 e. The van der Waals surface area contributed by atoms with Gasteiger partial charge in [0.05, 0.1) is 6.26 Å². The van der Waals surface area contributed by atoms with Crippen molar-refractivity contribution in [1.29, 1.82) is 0 Å². The van der Waals surface area contributed by atoms with Gasteiger partial charge in [-0.3, -0.25) is 4.79 Å². The molecule has 0 radical (unpaired) electrons. The fourth-order valence-corrected chi connectivity index (χ4v) is 3.47. The molecular formula is C19H30N2O4S. The molecule has 0 atom stereocenters. The van der Waals surface area contributed by atoms with Gasteiger partial charge < -0.3 is 10.1 Å². The van der Waals surface area contributed by atoms with Crippen LogP contribution in [0.25, 0.3) is 0 Å². The first-order valence-electron chi connectivity index (χ1n) is 9.27. The fourth-order valence-electron chi connectivity index (χ4n) is 3.08. The summed E-state index contributed by atoms with van der Waals surface area (Å²) in [6, 6.07) is 7.40. The molecule has 26 heavy (non-hydrogen) atoms. The van der Waals surface area contributed by atoms with Crippen LogP contribution < -0.4 is 10.1 Å². The van der Waals surface area contributed by atoms with Gasteiger partial charge in [0.1, 0.15) is 5.75 Å². The molecule has 7 heteroatoms. The number of ether oxygens (including phenoxy) is 1. The number of carbonyl (C=O) groups excluding carboxylic acids is 1. The third-order valence-corrected chi connectivity index (χ3v) is 6.00. The number of carbonyl (C=O) groups is 1. The highest BCUT2D eigenvalue weighted by atomic mass is 32.2. The summed E-state index contributed by atoms with van der Waals surface area (Å²) in [6.07, 6.45) is 9.44. The van der Waals surface area contributed by atoms with Gasteiger partial charge in [-0.25, -0.2) is 12.7 Å². The normalized spacial score (nSPS) is 16.7. The number of rotatable bonds is 7. The monoisotopic (exact) mass is 382 g/mol. The number of nitrogens with one attached hydrogen (secondary N) is 1. The van der Waals surface area contributed by atoms with Crippen LogP contribution in [-0.2, 0) is 21.4 Å². The molecule has 0 bridgehead atoms. The third-order valence-electron chi connectivity index (χ3n) is 4.73. The quantitative estimate of drug-likeness (QED) is 0.787. The van der Waals surface area contributed by atoms with E-state index in [4.69, 9.17) is 4.74 Å². The first-order chi connectivity index (χ1) is 12.3. The fraction of sp³-hybridized carbons (Fsp3) is 0.632. The predicted molar refractivity (Wildman–Crippen MR) is 102 cm³/mol. The lowest BCUT2D eigenvalue weighted by Crippen LogP contribution is -2.38. The average Bonchev–Trinajstić information content (AvgIpc) is 2.55. The minimum absolute atomic E-state index is 0.000904. The molecule has 0 aliphatic heterocycles. The van der Waals surface area contributed by atoms with Crippen molar-refractivity contribution in [2.75, 3.05) is 19.9 Å². The second kappa shape index (κ2) is 9.92. The lowest BCUT2D eigenvalue weighted by atomic mass is 9.97. The lowest BCUT2D eigenvalue weighted by Gasteiger charge is -2.21. The van der Waals surface area contributed by atoms with E-state index in [9.17, 15) is 13.2 Å². The maximum atomic E-state index is 12.1. The summed E-state index contributed by atoms with van der Waals surface area (Å²) >= 11 is 0. The Hall–Kier alpha value is -1.60. The summed E-state index contributed by atoms with van der Waals surface area (Å²) in [5.41, 5.74) is 0.865. The number of nitrogens with zero attached hydrogens (tertiary/aromatic N) is 1. The van der Waals surface area contributed by atoms with E-state index in [-0.39, 0.29) is 18.6 Å². The molecule has 1 amide bonds. The Morgan fingerprint density at radius 1 is 1.12 bits per heavy atom. The zero-order chi connectivity index (χ0) is 19.0. The van der Waals surface area contributed by atoms with Crippen molar-refractivity contribution in [3.63, 3.8) is 0 Å². The summed E-state index contributed by atoms with van der Waals surface area (Å²) in [5.74, 6) is 0.514. The molecular weight excluding hydrogens is 352 g/mol. The first-order valence-corrected chi connectivity index (χ1v) is 11.1. The zero-order valence-electron chi connectivity index (χ0n) is 15.7. The molecule has 0 saturated heterocycles. The molecule has 1 aromatic carbocycles. The summed E-state index contributed by atoms with van der Waals surface area (Å²) in [5, 5.41) is 3.07. The van der Waals surface area contributed by atoms with Gasteiger partial charge in [0.15, 0.2) is 6.61 Å². The van der Waals surface area contributed by atoms with Gasteiger partial charge in [-0.05, 0) is 30.5 Å². The molecule has 6 nitrogen and oxygen atoms in total. The first kappa shape index (κ1) is 20.7. The summed E-state index contributed by atoms with van der Waals surface area (Å²) in [6.45, 7) is 0.306. The number of amides is 1. The molecule has 0 aromatic heterocycles. The van der Waals surface area contributed by atoms with Gasteiger partial charge in [-0.2, -0.15) is 0 Å². The van der Waals surface area contributed by atoms with E-state index in [1.165, 1.54) is 42.7 Å². The number of benzene rings is 1. The highest BCUT2D eigenvalue weighted by Gasteiger charge is 2.14. The van der Waals surface area contributed by atoms with E-state index in [1.54, 1.807) is 19.2 Å². The van der Waals surface area contributed by atoms with Gasteiger partial charge in [-0.1, -0.05) is 44.2 Å². The smallest absolute Gasteiger partial charge is 0.258 e. The molecule has 0 spiro atoms. The minimum atomic E-state index is -3.20.